The van der Waals surface area contributed by atoms with Gasteiger partial charge in [-0.2, -0.15) is 0 Å². The van der Waals surface area contributed by atoms with E-state index in [9.17, 15) is 24.3 Å². The molecule has 0 radical (unpaired) electrons. The summed E-state index contributed by atoms with van der Waals surface area (Å²) in [6, 6.07) is 0. The normalized spacial score (nSPS) is 33.7. The zero-order valence-corrected chi connectivity index (χ0v) is 23.3. The number of ether oxygens (including phenoxy) is 2. The molecule has 0 aliphatic heterocycles. The van der Waals surface area contributed by atoms with Crippen LogP contribution in [0.15, 0.2) is 34.9 Å². The third-order valence-electron chi connectivity index (χ3n) is 9.52. The minimum atomic E-state index is -1.47. The molecule has 0 unspecified atom stereocenters. The Kier molecular flexibility index (Phi) is 8.17. The molecule has 0 heterocycles. The maximum Gasteiger partial charge on any atom is 0.306 e. The second-order valence-corrected chi connectivity index (χ2v) is 11.9. The van der Waals surface area contributed by atoms with Crippen LogP contribution in [0.1, 0.15) is 98.3 Å². The van der Waals surface area contributed by atoms with Gasteiger partial charge in [0.1, 0.15) is 0 Å². The Balaban J connectivity index is 1.68. The Morgan fingerprint density at radius 3 is 2.53 bits per heavy atom. The standard InChI is InChI=1S/C31H42O7/c1-5-7-8-10-26(35)37-19-25(34)31(38-27(36)9-6-2)16-14-23-22-12-11-20-17-21(32)13-15-29(20,3)28(22)24(33)18-30(23,31)4/h13,15,17,23-24,33H,5-12,14,16,18-19H2,1-4H3/t23-,24-,29-,30-,31-/m0/s1. The van der Waals surface area contributed by atoms with Crippen molar-refractivity contribution in [2.45, 2.75) is 110 Å². The van der Waals surface area contributed by atoms with Gasteiger partial charge in [0.25, 0.3) is 0 Å². The second kappa shape index (κ2) is 10.9. The minimum absolute atomic E-state index is 0.0331. The SMILES string of the molecule is CCCCCC(=O)OCC(=O)[C@@]1(OC(=O)CCC)CC[C@H]2C3=C([C@@H](O)C[C@@]21C)[C@@]1(C)C=CC(=O)C=C1CC3. The van der Waals surface area contributed by atoms with Crippen molar-refractivity contribution in [1.82, 2.24) is 0 Å². The Bertz CT molecular complexity index is 1100. The lowest BCUT2D eigenvalue weighted by Crippen LogP contribution is -2.59. The van der Waals surface area contributed by atoms with E-state index in [1.807, 2.05) is 26.8 Å². The van der Waals surface area contributed by atoms with Gasteiger partial charge in [0.15, 0.2) is 18.0 Å². The lowest BCUT2D eigenvalue weighted by atomic mass is 9.52. The number of esters is 2. The number of ketones is 2. The van der Waals surface area contributed by atoms with Crippen LogP contribution in [0.25, 0.3) is 0 Å². The number of aliphatic hydroxyl groups excluding tert-OH is 1. The van der Waals surface area contributed by atoms with Gasteiger partial charge in [-0.15, -0.1) is 0 Å². The van der Waals surface area contributed by atoms with Crippen molar-refractivity contribution in [1.29, 1.82) is 0 Å². The second-order valence-electron chi connectivity index (χ2n) is 11.9. The van der Waals surface area contributed by atoms with Gasteiger partial charge >= 0.3 is 11.9 Å². The van der Waals surface area contributed by atoms with E-state index in [0.29, 0.717) is 38.5 Å². The van der Waals surface area contributed by atoms with Crippen LogP contribution in [0.3, 0.4) is 0 Å². The van der Waals surface area contributed by atoms with E-state index in [1.165, 1.54) is 0 Å². The van der Waals surface area contributed by atoms with Gasteiger partial charge in [-0.25, -0.2) is 0 Å². The molecule has 208 valence electrons. The lowest BCUT2D eigenvalue weighted by Gasteiger charge is -2.54. The van der Waals surface area contributed by atoms with Gasteiger partial charge in [-0.05, 0) is 75.5 Å². The molecule has 7 heteroatoms. The third-order valence-corrected chi connectivity index (χ3v) is 9.52. The number of hydrogen-bond donors (Lipinski definition) is 1. The smallest absolute Gasteiger partial charge is 0.306 e. The molecule has 1 fully saturated rings. The number of fused-ring (bicyclic) bond motifs is 4. The molecule has 5 atom stereocenters. The van der Waals surface area contributed by atoms with Crippen LogP contribution < -0.4 is 0 Å². The van der Waals surface area contributed by atoms with Gasteiger partial charge in [-0.3, -0.25) is 19.2 Å². The number of hydrogen-bond acceptors (Lipinski definition) is 7. The largest absolute Gasteiger partial charge is 0.457 e. The van der Waals surface area contributed by atoms with E-state index in [0.717, 1.165) is 29.6 Å². The lowest BCUT2D eigenvalue weighted by molar-refractivity contribution is -0.187. The summed E-state index contributed by atoms with van der Waals surface area (Å²) in [6.45, 7) is 7.49. The molecule has 0 amide bonds. The van der Waals surface area contributed by atoms with Crippen molar-refractivity contribution in [3.05, 3.63) is 34.9 Å². The van der Waals surface area contributed by atoms with Crippen molar-refractivity contribution >= 4 is 23.5 Å². The monoisotopic (exact) mass is 526 g/mol. The summed E-state index contributed by atoms with van der Waals surface area (Å²) in [5, 5.41) is 11.6. The molecule has 0 spiro atoms. The molecular weight excluding hydrogens is 484 g/mol. The molecule has 38 heavy (non-hydrogen) atoms. The highest BCUT2D eigenvalue weighted by Crippen LogP contribution is 2.65. The Morgan fingerprint density at radius 1 is 1.05 bits per heavy atom. The van der Waals surface area contributed by atoms with Crippen LogP contribution in [0.4, 0.5) is 0 Å². The van der Waals surface area contributed by atoms with Crippen molar-refractivity contribution in [3.8, 4) is 0 Å². The summed E-state index contributed by atoms with van der Waals surface area (Å²) in [5.41, 5.74) is 0.199. The van der Waals surface area contributed by atoms with E-state index in [1.54, 1.807) is 12.2 Å². The van der Waals surface area contributed by atoms with E-state index in [-0.39, 0.29) is 31.0 Å². The topological polar surface area (TPSA) is 107 Å². The first kappa shape index (κ1) is 28.5. The number of carbonyl (C=O) groups excluding carboxylic acids is 4. The van der Waals surface area contributed by atoms with Gasteiger partial charge in [0.2, 0.25) is 5.78 Å². The summed E-state index contributed by atoms with van der Waals surface area (Å²) in [5.74, 6) is -1.37. The first-order chi connectivity index (χ1) is 18.0. The average molecular weight is 527 g/mol. The predicted molar refractivity (Wildman–Crippen MR) is 142 cm³/mol. The molecule has 0 bridgehead atoms. The van der Waals surface area contributed by atoms with Crippen LogP contribution in [-0.2, 0) is 28.7 Å². The third kappa shape index (κ3) is 4.72. The molecule has 1 saturated carbocycles. The maximum absolute atomic E-state index is 13.9. The molecule has 4 aliphatic carbocycles. The first-order valence-corrected chi connectivity index (χ1v) is 14.3. The number of carbonyl (C=O) groups is 4. The van der Waals surface area contributed by atoms with Crippen LogP contribution in [-0.4, -0.2) is 46.9 Å². The number of allylic oxidation sites excluding steroid dienone is 5. The van der Waals surface area contributed by atoms with Crippen molar-refractivity contribution < 1.29 is 33.8 Å². The van der Waals surface area contributed by atoms with Gasteiger partial charge in [-0.1, -0.05) is 50.8 Å². The van der Waals surface area contributed by atoms with E-state index in [2.05, 4.69) is 6.92 Å². The number of unbranched alkanes of at least 4 members (excludes halogenated alkanes) is 2. The van der Waals surface area contributed by atoms with Crippen molar-refractivity contribution in [3.63, 3.8) is 0 Å². The van der Waals surface area contributed by atoms with E-state index in [4.69, 9.17) is 9.47 Å². The minimum Gasteiger partial charge on any atom is -0.457 e. The molecule has 0 aromatic rings. The van der Waals surface area contributed by atoms with Crippen LogP contribution >= 0.6 is 0 Å². The molecule has 0 aromatic heterocycles. The van der Waals surface area contributed by atoms with Gasteiger partial charge < -0.3 is 14.6 Å². The summed E-state index contributed by atoms with van der Waals surface area (Å²) in [6.07, 6.45) is 10.5. The fourth-order valence-corrected chi connectivity index (χ4v) is 7.57. The molecule has 0 saturated heterocycles. The molecular formula is C31H42O7. The van der Waals surface area contributed by atoms with Crippen LogP contribution in [0.2, 0.25) is 0 Å². The Labute approximate surface area is 225 Å². The molecule has 7 nitrogen and oxygen atoms in total. The predicted octanol–water partition coefficient (Wildman–Crippen LogP) is 5.10. The van der Waals surface area contributed by atoms with E-state index >= 15 is 0 Å². The summed E-state index contributed by atoms with van der Waals surface area (Å²) in [4.78, 5) is 51.1. The summed E-state index contributed by atoms with van der Waals surface area (Å²) >= 11 is 0. The number of rotatable bonds is 10. The first-order valence-electron chi connectivity index (χ1n) is 14.3. The summed E-state index contributed by atoms with van der Waals surface area (Å²) in [7, 11) is 0. The molecule has 4 aliphatic rings. The van der Waals surface area contributed by atoms with Crippen molar-refractivity contribution in [2.75, 3.05) is 6.61 Å². The highest BCUT2D eigenvalue weighted by Gasteiger charge is 2.67. The zero-order valence-electron chi connectivity index (χ0n) is 23.3. The number of Topliss-reactive ketones (excluding diaryl/α,β-unsaturated/α-hetero) is 1. The Hall–Kier alpha value is -2.54. The molecule has 4 rings (SSSR count). The highest BCUT2D eigenvalue weighted by atomic mass is 16.6. The Morgan fingerprint density at radius 2 is 1.82 bits per heavy atom. The highest BCUT2D eigenvalue weighted by molar-refractivity contribution is 6.01. The van der Waals surface area contributed by atoms with Gasteiger partial charge in [0.05, 0.1) is 6.10 Å². The maximum atomic E-state index is 13.9. The summed E-state index contributed by atoms with van der Waals surface area (Å²) < 4.78 is 11.5. The quantitative estimate of drug-likeness (QED) is 0.240. The van der Waals surface area contributed by atoms with Crippen LogP contribution in [0, 0.1) is 16.7 Å². The fourth-order valence-electron chi connectivity index (χ4n) is 7.57. The zero-order chi connectivity index (χ0) is 27.7. The van der Waals surface area contributed by atoms with Crippen LogP contribution in [0.5, 0.6) is 0 Å². The molecule has 1 N–H and O–H groups in total. The van der Waals surface area contributed by atoms with Gasteiger partial charge in [0, 0.05) is 23.7 Å². The van der Waals surface area contributed by atoms with E-state index < -0.39 is 46.9 Å². The molecule has 0 aromatic carbocycles. The average Bonchev–Trinajstić information content (AvgIpc) is 3.15. The fraction of sp³-hybridized carbons (Fsp3) is 0.677. The van der Waals surface area contributed by atoms with Crippen molar-refractivity contribution in [2.24, 2.45) is 16.7 Å². The number of aliphatic hydroxyl groups is 1.